The van der Waals surface area contributed by atoms with Crippen molar-refractivity contribution < 1.29 is 0 Å². The largest absolute Gasteiger partial charge is 0.311 e. The first-order chi connectivity index (χ1) is 31.5. The number of hydrogen-bond acceptors (Lipinski definition) is 1. The normalized spacial score (nSPS) is 16.2. The molecule has 0 saturated heterocycles. The molecule has 0 bridgehead atoms. The monoisotopic (exact) mass is 829 g/mol. The van der Waals surface area contributed by atoms with Crippen LogP contribution < -0.4 is 21.3 Å². The van der Waals surface area contributed by atoms with Crippen LogP contribution in [0.5, 0.6) is 0 Å². The Hall–Kier alpha value is -7.16. The third kappa shape index (κ3) is 4.79. The molecule has 0 fully saturated rings. The van der Waals surface area contributed by atoms with Crippen LogP contribution in [0.2, 0.25) is 0 Å². The highest BCUT2D eigenvalue weighted by atomic mass is 15.2. The van der Waals surface area contributed by atoms with Gasteiger partial charge in [0.25, 0.3) is 0 Å². The van der Waals surface area contributed by atoms with Gasteiger partial charge >= 0.3 is 0 Å². The van der Waals surface area contributed by atoms with Crippen molar-refractivity contribution in [1.82, 2.24) is 0 Å². The van der Waals surface area contributed by atoms with E-state index in [2.05, 4.69) is 228 Å². The number of fused-ring (bicyclic) bond motifs is 14. The van der Waals surface area contributed by atoms with Crippen LogP contribution in [0.25, 0.3) is 66.8 Å². The van der Waals surface area contributed by atoms with Gasteiger partial charge in [0, 0.05) is 33.3 Å². The molecule has 5 aliphatic rings. The summed E-state index contributed by atoms with van der Waals surface area (Å²) in [4.78, 5) is 2.65. The first kappa shape index (κ1) is 37.2. The van der Waals surface area contributed by atoms with E-state index in [1.807, 2.05) is 0 Å². The van der Waals surface area contributed by atoms with Crippen molar-refractivity contribution >= 4 is 40.2 Å². The third-order valence-electron chi connectivity index (χ3n) is 16.5. The topological polar surface area (TPSA) is 3.24 Å². The average molecular weight is 830 g/mol. The van der Waals surface area contributed by atoms with E-state index >= 15 is 0 Å². The van der Waals surface area contributed by atoms with Crippen LogP contribution in [0, 0.1) is 0 Å². The van der Waals surface area contributed by atoms with E-state index in [-0.39, 0.29) is 23.0 Å². The van der Waals surface area contributed by atoms with E-state index in [0.717, 1.165) is 0 Å². The molecule has 0 saturated carbocycles. The van der Waals surface area contributed by atoms with Crippen molar-refractivity contribution in [2.24, 2.45) is 0 Å². The Morgan fingerprint density at radius 3 is 1.40 bits per heavy atom. The lowest BCUT2D eigenvalue weighted by Gasteiger charge is -2.38. The molecule has 65 heavy (non-hydrogen) atoms. The maximum Gasteiger partial charge on any atom is 0.248 e. The first-order valence-electron chi connectivity index (χ1n) is 23.5. The van der Waals surface area contributed by atoms with Crippen molar-refractivity contribution in [2.45, 2.75) is 57.8 Å². The smallest absolute Gasteiger partial charge is 0.248 e. The Morgan fingerprint density at radius 1 is 0.308 bits per heavy atom. The van der Waals surface area contributed by atoms with E-state index in [4.69, 9.17) is 0 Å². The number of rotatable bonds is 3. The molecule has 9 aromatic rings. The molecule has 0 spiro atoms. The predicted octanol–water partition coefficient (Wildman–Crippen LogP) is 14.2. The fraction of sp³-hybridized carbons (Fsp3) is 0.143. The molecule has 2 heterocycles. The van der Waals surface area contributed by atoms with E-state index in [0.29, 0.717) is 0 Å². The highest BCUT2D eigenvalue weighted by Crippen LogP contribution is 2.55. The Kier molecular flexibility index (Phi) is 7.19. The van der Waals surface area contributed by atoms with E-state index in [9.17, 15) is 0 Å². The highest BCUT2D eigenvalue weighted by molar-refractivity contribution is 7.01. The van der Waals surface area contributed by atoms with Crippen LogP contribution in [-0.2, 0) is 16.2 Å². The van der Waals surface area contributed by atoms with Crippen LogP contribution in [0.4, 0.5) is 17.1 Å². The van der Waals surface area contributed by atoms with Gasteiger partial charge in [-0.2, -0.15) is 0 Å². The third-order valence-corrected chi connectivity index (χ3v) is 16.5. The molecule has 14 rings (SSSR count). The summed E-state index contributed by atoms with van der Waals surface area (Å²) in [5.74, 6) is 0. The van der Waals surface area contributed by atoms with Gasteiger partial charge in [0.15, 0.2) is 0 Å². The molecule has 0 amide bonds. The fourth-order valence-electron chi connectivity index (χ4n) is 13.1. The molecular weight excluding hydrogens is 782 g/mol. The van der Waals surface area contributed by atoms with Gasteiger partial charge in [-0.1, -0.05) is 193 Å². The lowest BCUT2D eigenvalue weighted by molar-refractivity contribution is 0.660. The molecule has 9 aromatic carbocycles. The van der Waals surface area contributed by atoms with Crippen molar-refractivity contribution in [2.75, 3.05) is 4.90 Å². The molecule has 0 N–H and O–H groups in total. The summed E-state index contributed by atoms with van der Waals surface area (Å²) in [6.45, 7) is 14.5. The second kappa shape index (κ2) is 12.6. The number of anilines is 3. The first-order valence-corrected chi connectivity index (χ1v) is 23.5. The highest BCUT2D eigenvalue weighted by Gasteiger charge is 2.48. The minimum absolute atomic E-state index is 0.0764. The minimum atomic E-state index is -0.128. The number of hydrogen-bond donors (Lipinski definition) is 0. The summed E-state index contributed by atoms with van der Waals surface area (Å²) in [5.41, 5.74) is 31.9. The van der Waals surface area contributed by atoms with Gasteiger partial charge in [0.1, 0.15) is 0 Å². The van der Waals surface area contributed by atoms with Crippen LogP contribution >= 0.6 is 0 Å². The molecule has 0 radical (unpaired) electrons. The van der Waals surface area contributed by atoms with Gasteiger partial charge in [-0.05, 0) is 147 Å². The van der Waals surface area contributed by atoms with Crippen LogP contribution in [0.3, 0.4) is 0 Å². The van der Waals surface area contributed by atoms with Gasteiger partial charge in [-0.25, -0.2) is 0 Å². The second-order valence-corrected chi connectivity index (χ2v) is 20.9. The standard InChI is InChI=1S/C63H48BN/c1-61(2)50-21-13-10-18-42(50)45-32-41(28-29-53(45)61)65-58-34-47-44-20-12-15-23-52(44)63(5,6)55(47)36-57(58)64-56-35-54-46(43-19-11-14-22-51(43)62(54,3)4)33-48(56)49-30-40(31-59(65)60(49)64)39-26-24-38(25-27-39)37-16-8-7-9-17-37/h7-36H,1-6H3. The maximum absolute atomic E-state index is 2.65. The molecule has 0 atom stereocenters. The zero-order valence-electron chi connectivity index (χ0n) is 37.8. The van der Waals surface area contributed by atoms with Crippen LogP contribution in [0.15, 0.2) is 182 Å². The Morgan fingerprint density at radius 2 is 0.785 bits per heavy atom. The van der Waals surface area contributed by atoms with Crippen molar-refractivity contribution in [3.05, 3.63) is 215 Å². The minimum Gasteiger partial charge on any atom is -0.311 e. The summed E-state index contributed by atoms with van der Waals surface area (Å²) < 4.78 is 0. The van der Waals surface area contributed by atoms with Crippen LogP contribution in [-0.4, -0.2) is 6.71 Å². The maximum atomic E-state index is 2.65. The summed E-state index contributed by atoms with van der Waals surface area (Å²) in [6, 6.07) is 70.0. The van der Waals surface area contributed by atoms with E-state index in [1.165, 1.54) is 134 Å². The van der Waals surface area contributed by atoms with Gasteiger partial charge in [0.2, 0.25) is 6.71 Å². The van der Waals surface area contributed by atoms with Crippen molar-refractivity contribution in [1.29, 1.82) is 0 Å². The molecule has 1 nitrogen and oxygen atoms in total. The summed E-state index contributed by atoms with van der Waals surface area (Å²) >= 11 is 0. The lowest BCUT2D eigenvalue weighted by atomic mass is 9.36. The molecule has 2 aliphatic heterocycles. The number of nitrogens with zero attached hydrogens (tertiary/aromatic N) is 1. The zero-order valence-corrected chi connectivity index (χ0v) is 37.8. The van der Waals surface area contributed by atoms with Gasteiger partial charge < -0.3 is 4.90 Å². The van der Waals surface area contributed by atoms with Crippen molar-refractivity contribution in [3.8, 4) is 66.8 Å². The van der Waals surface area contributed by atoms with Crippen molar-refractivity contribution in [3.63, 3.8) is 0 Å². The SMILES string of the molecule is CC1(C)c2ccccc2-c2cc(N3c4cc5c(cc4B4c6cc7c(cc6-c6cc(-c8ccc(-c9ccccc9)cc8)cc3c64)-c3ccccc3C7(C)C)C(C)(C)c3ccccc3-5)ccc21. The van der Waals surface area contributed by atoms with Gasteiger partial charge in [0.05, 0.1) is 0 Å². The Labute approximate surface area is 383 Å². The summed E-state index contributed by atoms with van der Waals surface area (Å²) in [6.07, 6.45) is 0. The molecular formula is C63H48BN. The van der Waals surface area contributed by atoms with E-state index < -0.39 is 0 Å². The molecule has 2 heteroatoms. The predicted molar refractivity (Wildman–Crippen MR) is 275 cm³/mol. The molecule has 308 valence electrons. The zero-order chi connectivity index (χ0) is 43.7. The lowest BCUT2D eigenvalue weighted by Crippen LogP contribution is -2.55. The van der Waals surface area contributed by atoms with Gasteiger partial charge in [-0.15, -0.1) is 0 Å². The quantitative estimate of drug-likeness (QED) is 0.160. The molecule has 0 unspecified atom stereocenters. The van der Waals surface area contributed by atoms with E-state index in [1.54, 1.807) is 0 Å². The van der Waals surface area contributed by atoms with Crippen LogP contribution in [0.1, 0.15) is 74.9 Å². The summed E-state index contributed by atoms with van der Waals surface area (Å²) in [5, 5.41) is 0. The Bertz CT molecular complexity index is 3570. The van der Waals surface area contributed by atoms with Gasteiger partial charge in [-0.3, -0.25) is 0 Å². The summed E-state index contributed by atoms with van der Waals surface area (Å²) in [7, 11) is 0. The molecule has 3 aliphatic carbocycles. The fourth-order valence-corrected chi connectivity index (χ4v) is 13.1. The Balaban J connectivity index is 1.07. The second-order valence-electron chi connectivity index (χ2n) is 20.9. The number of benzene rings is 9. The average Bonchev–Trinajstić information content (AvgIpc) is 3.94. The molecule has 0 aromatic heterocycles.